The van der Waals surface area contributed by atoms with E-state index in [-0.39, 0.29) is 6.10 Å². The number of benzene rings is 1. The number of hydrogen-bond acceptors (Lipinski definition) is 4. The molecule has 8 heteroatoms. The normalized spacial score (nSPS) is 20.9. The van der Waals surface area contributed by atoms with Gasteiger partial charge in [-0.2, -0.15) is 13.2 Å². The van der Waals surface area contributed by atoms with Crippen molar-refractivity contribution >= 4 is 18.0 Å². The van der Waals surface area contributed by atoms with Crippen LogP contribution < -0.4 is 0 Å². The summed E-state index contributed by atoms with van der Waals surface area (Å²) in [4.78, 5) is 22.6. The number of esters is 1. The molecule has 0 bridgehead atoms. The Bertz CT molecular complexity index is 644. The molecule has 1 aromatic rings. The van der Waals surface area contributed by atoms with E-state index in [1.54, 1.807) is 12.1 Å². The second-order valence-corrected chi connectivity index (χ2v) is 6.02. The van der Waals surface area contributed by atoms with Gasteiger partial charge in [0, 0.05) is 6.08 Å². The van der Waals surface area contributed by atoms with Crippen LogP contribution in [0.5, 0.6) is 0 Å². The van der Waals surface area contributed by atoms with Crippen LogP contribution in [0.25, 0.3) is 6.08 Å². The Morgan fingerprint density at radius 3 is 2.19 bits per heavy atom. The molecule has 0 spiro atoms. The largest absolute Gasteiger partial charge is 0.478 e. The third-order valence-corrected chi connectivity index (χ3v) is 3.94. The van der Waals surface area contributed by atoms with E-state index >= 15 is 0 Å². The van der Waals surface area contributed by atoms with Gasteiger partial charge in [-0.25, -0.2) is 9.59 Å². The smallest absolute Gasteiger partial charge is 0.411 e. The van der Waals surface area contributed by atoms with Gasteiger partial charge >= 0.3 is 18.1 Å². The number of aliphatic carboxylic acids is 1. The van der Waals surface area contributed by atoms with Crippen molar-refractivity contribution < 1.29 is 37.3 Å². The zero-order valence-corrected chi connectivity index (χ0v) is 13.9. The van der Waals surface area contributed by atoms with Crippen LogP contribution in [0.4, 0.5) is 13.2 Å². The maximum atomic E-state index is 12.1. The first-order valence-electron chi connectivity index (χ1n) is 8.13. The van der Waals surface area contributed by atoms with Crippen molar-refractivity contribution in [3.05, 3.63) is 41.5 Å². The highest BCUT2D eigenvalue weighted by Gasteiger charge is 2.31. The van der Waals surface area contributed by atoms with E-state index in [0.717, 1.165) is 6.08 Å². The molecule has 5 nitrogen and oxygen atoms in total. The number of alkyl halides is 3. The molecule has 1 fully saturated rings. The summed E-state index contributed by atoms with van der Waals surface area (Å²) in [5.74, 6) is -1.58. The highest BCUT2D eigenvalue weighted by Crippen LogP contribution is 2.26. The van der Waals surface area contributed by atoms with Crippen molar-refractivity contribution in [1.82, 2.24) is 0 Å². The summed E-state index contributed by atoms with van der Waals surface area (Å²) in [6.07, 6.45) is -1.03. The molecule has 142 valence electrons. The first-order chi connectivity index (χ1) is 12.2. The van der Waals surface area contributed by atoms with Crippen LogP contribution in [-0.2, 0) is 14.3 Å². The highest BCUT2D eigenvalue weighted by atomic mass is 19.4. The van der Waals surface area contributed by atoms with Crippen LogP contribution in [0, 0.1) is 0 Å². The Balaban J connectivity index is 1.79. The second-order valence-electron chi connectivity index (χ2n) is 6.02. The molecule has 1 saturated carbocycles. The van der Waals surface area contributed by atoms with Crippen LogP contribution in [0.1, 0.15) is 41.6 Å². The van der Waals surface area contributed by atoms with Gasteiger partial charge in [-0.15, -0.1) is 0 Å². The maximum absolute atomic E-state index is 12.1. The van der Waals surface area contributed by atoms with Crippen LogP contribution >= 0.6 is 0 Å². The third-order valence-electron chi connectivity index (χ3n) is 3.94. The van der Waals surface area contributed by atoms with E-state index < -0.39 is 30.8 Å². The molecule has 1 aliphatic rings. The van der Waals surface area contributed by atoms with Gasteiger partial charge in [0.1, 0.15) is 12.7 Å². The molecule has 0 aliphatic heterocycles. The van der Waals surface area contributed by atoms with Crippen molar-refractivity contribution in [2.45, 2.75) is 44.1 Å². The Kier molecular flexibility index (Phi) is 6.79. The topological polar surface area (TPSA) is 72.8 Å². The van der Waals surface area contributed by atoms with Gasteiger partial charge in [0.15, 0.2) is 0 Å². The van der Waals surface area contributed by atoms with Crippen molar-refractivity contribution in [2.75, 3.05) is 6.61 Å². The average molecular weight is 372 g/mol. The standard InChI is InChI=1S/C18H19F3O5/c19-18(20,21)11-25-14-6-8-15(9-7-14)26-17(24)13-4-1-12(2-5-13)3-10-16(22)23/h1-5,10,14-15H,6-9,11H2,(H,22,23). The van der Waals surface area contributed by atoms with Gasteiger partial charge in [-0.3, -0.25) is 0 Å². The molecule has 0 radical (unpaired) electrons. The van der Waals surface area contributed by atoms with Crippen LogP contribution in [0.3, 0.4) is 0 Å². The van der Waals surface area contributed by atoms with E-state index in [2.05, 4.69) is 0 Å². The number of carboxylic acids is 1. The Hall–Kier alpha value is -2.35. The van der Waals surface area contributed by atoms with E-state index in [0.29, 0.717) is 36.8 Å². The molecule has 0 amide bonds. The summed E-state index contributed by atoms with van der Waals surface area (Å²) >= 11 is 0. The molecular weight excluding hydrogens is 353 g/mol. The van der Waals surface area contributed by atoms with Gasteiger partial charge in [0.25, 0.3) is 0 Å². The molecule has 0 saturated heterocycles. The number of halogens is 3. The monoisotopic (exact) mass is 372 g/mol. The number of carbonyl (C=O) groups excluding carboxylic acids is 1. The van der Waals surface area contributed by atoms with Crippen molar-refractivity contribution in [1.29, 1.82) is 0 Å². The second kappa shape index (κ2) is 8.84. The zero-order valence-electron chi connectivity index (χ0n) is 13.9. The minimum absolute atomic E-state index is 0.327. The minimum atomic E-state index is -4.34. The van der Waals surface area contributed by atoms with Gasteiger partial charge in [-0.1, -0.05) is 12.1 Å². The molecule has 1 aromatic carbocycles. The predicted molar refractivity (Wildman–Crippen MR) is 86.6 cm³/mol. The third kappa shape index (κ3) is 6.87. The Morgan fingerprint density at radius 1 is 1.08 bits per heavy atom. The lowest BCUT2D eigenvalue weighted by atomic mass is 9.95. The first-order valence-corrected chi connectivity index (χ1v) is 8.13. The summed E-state index contributed by atoms with van der Waals surface area (Å²) in [5.41, 5.74) is 0.958. The van der Waals surface area contributed by atoms with E-state index in [1.165, 1.54) is 18.2 Å². The van der Waals surface area contributed by atoms with Gasteiger partial charge < -0.3 is 14.6 Å². The number of rotatable bonds is 6. The fraction of sp³-hybridized carbons (Fsp3) is 0.444. The van der Waals surface area contributed by atoms with Crippen LogP contribution in [0.2, 0.25) is 0 Å². The summed E-state index contributed by atoms with van der Waals surface area (Å²) in [6.45, 7) is -1.26. The van der Waals surface area contributed by atoms with Gasteiger partial charge in [0.2, 0.25) is 0 Å². The van der Waals surface area contributed by atoms with Gasteiger partial charge in [0.05, 0.1) is 11.7 Å². The predicted octanol–water partition coefficient (Wildman–Crippen LogP) is 3.83. The van der Waals surface area contributed by atoms with Crippen molar-refractivity contribution in [3.8, 4) is 0 Å². The summed E-state index contributed by atoms with van der Waals surface area (Å²) < 4.78 is 46.6. The fourth-order valence-corrected chi connectivity index (χ4v) is 2.65. The molecule has 1 aliphatic carbocycles. The Labute approximate surface area is 148 Å². The molecule has 0 heterocycles. The van der Waals surface area contributed by atoms with Gasteiger partial charge in [-0.05, 0) is 49.5 Å². The maximum Gasteiger partial charge on any atom is 0.411 e. The first kappa shape index (κ1) is 20.0. The molecule has 1 N–H and O–H groups in total. The van der Waals surface area contributed by atoms with Crippen LogP contribution in [-0.4, -0.2) is 42.0 Å². The SMILES string of the molecule is O=C(O)C=Cc1ccc(C(=O)OC2CCC(OCC(F)(F)F)CC2)cc1. The lowest BCUT2D eigenvalue weighted by Gasteiger charge is -2.28. The number of hydrogen-bond donors (Lipinski definition) is 1. The minimum Gasteiger partial charge on any atom is -0.478 e. The lowest BCUT2D eigenvalue weighted by molar-refractivity contribution is -0.189. The van der Waals surface area contributed by atoms with Crippen molar-refractivity contribution in [3.63, 3.8) is 0 Å². The highest BCUT2D eigenvalue weighted by molar-refractivity contribution is 5.90. The zero-order chi connectivity index (χ0) is 19.2. The average Bonchev–Trinajstić information content (AvgIpc) is 2.59. The molecule has 2 rings (SSSR count). The lowest BCUT2D eigenvalue weighted by Crippen LogP contribution is -2.30. The fourth-order valence-electron chi connectivity index (χ4n) is 2.65. The summed E-state index contributed by atoms with van der Waals surface area (Å²) in [6, 6.07) is 6.25. The molecule has 0 aromatic heterocycles. The van der Waals surface area contributed by atoms with Crippen molar-refractivity contribution in [2.24, 2.45) is 0 Å². The van der Waals surface area contributed by atoms with E-state index in [9.17, 15) is 22.8 Å². The number of ether oxygens (including phenoxy) is 2. The molecule has 0 atom stereocenters. The summed E-state index contributed by atoms with van der Waals surface area (Å²) in [5, 5.41) is 8.57. The molecular formula is C18H19F3O5. The molecule has 26 heavy (non-hydrogen) atoms. The number of carbonyl (C=O) groups is 2. The van der Waals surface area contributed by atoms with Crippen LogP contribution in [0.15, 0.2) is 30.3 Å². The van der Waals surface area contributed by atoms with E-state index in [4.69, 9.17) is 14.6 Å². The Morgan fingerprint density at radius 2 is 1.65 bits per heavy atom. The summed E-state index contributed by atoms with van der Waals surface area (Å²) in [7, 11) is 0. The van der Waals surface area contributed by atoms with E-state index in [1.807, 2.05) is 0 Å². The number of carboxylic acid groups (broad SMARTS) is 1. The molecule has 0 unspecified atom stereocenters. The quantitative estimate of drug-likeness (QED) is 0.607.